The van der Waals surface area contributed by atoms with E-state index in [-0.39, 0.29) is 0 Å². The predicted octanol–water partition coefficient (Wildman–Crippen LogP) is 3.17. The molecule has 17 heavy (non-hydrogen) atoms. The Labute approximate surface area is 118 Å². The smallest absolute Gasteiger partial charge is 0.189 e. The third-order valence-electron chi connectivity index (χ3n) is 2.88. The van der Waals surface area contributed by atoms with Gasteiger partial charge in [-0.3, -0.25) is 0 Å². The normalized spacial score (nSPS) is 16.7. The first-order valence-electron chi connectivity index (χ1n) is 5.65. The van der Waals surface area contributed by atoms with Crippen molar-refractivity contribution in [2.24, 2.45) is 10.7 Å². The molecule has 0 heterocycles. The molecule has 92 valence electrons. The van der Waals surface area contributed by atoms with Gasteiger partial charge in [-0.25, -0.2) is 4.99 Å². The van der Waals surface area contributed by atoms with Crippen molar-refractivity contribution in [3.63, 3.8) is 0 Å². The van der Waals surface area contributed by atoms with E-state index in [4.69, 9.17) is 5.73 Å². The molecule has 0 unspecified atom stereocenters. The zero-order valence-corrected chi connectivity index (χ0v) is 12.6. The van der Waals surface area contributed by atoms with Crippen molar-refractivity contribution in [1.29, 1.82) is 0 Å². The van der Waals surface area contributed by atoms with Gasteiger partial charge in [0.2, 0.25) is 0 Å². The predicted molar refractivity (Wildman–Crippen MR) is 77.9 cm³/mol. The summed E-state index contributed by atoms with van der Waals surface area (Å²) in [5.41, 5.74) is 6.95. The Morgan fingerprint density at radius 3 is 2.82 bits per heavy atom. The zero-order valence-electron chi connectivity index (χ0n) is 9.42. The molecular formula is C12H15Br2N3. The molecule has 0 bridgehead atoms. The average Bonchev–Trinajstić information content (AvgIpc) is 2.25. The fourth-order valence-corrected chi connectivity index (χ4v) is 2.42. The third-order valence-corrected chi connectivity index (χ3v) is 4.15. The molecule has 0 atom stereocenters. The summed E-state index contributed by atoms with van der Waals surface area (Å²) in [6.45, 7) is 0.589. The van der Waals surface area contributed by atoms with Gasteiger partial charge in [-0.05, 0) is 43.0 Å². The van der Waals surface area contributed by atoms with Crippen LogP contribution in [0.1, 0.15) is 24.8 Å². The lowest BCUT2D eigenvalue weighted by molar-refractivity contribution is 0.382. The first kappa shape index (κ1) is 12.9. The first-order valence-corrected chi connectivity index (χ1v) is 7.24. The Hall–Kier alpha value is -0.550. The van der Waals surface area contributed by atoms with Gasteiger partial charge in [0.25, 0.3) is 0 Å². The fraction of sp³-hybridized carbons (Fsp3) is 0.417. The van der Waals surface area contributed by atoms with E-state index >= 15 is 0 Å². The van der Waals surface area contributed by atoms with Crippen molar-refractivity contribution in [3.05, 3.63) is 32.7 Å². The van der Waals surface area contributed by atoms with E-state index in [1.54, 1.807) is 0 Å². The molecule has 1 fully saturated rings. The lowest BCUT2D eigenvalue weighted by Crippen LogP contribution is -2.43. The van der Waals surface area contributed by atoms with Gasteiger partial charge in [0, 0.05) is 15.0 Å². The van der Waals surface area contributed by atoms with Gasteiger partial charge in [-0.15, -0.1) is 0 Å². The molecular weight excluding hydrogens is 346 g/mol. The van der Waals surface area contributed by atoms with E-state index in [9.17, 15) is 0 Å². The summed E-state index contributed by atoms with van der Waals surface area (Å²) in [6.07, 6.45) is 3.70. The maximum absolute atomic E-state index is 5.83. The number of halogens is 2. The van der Waals surface area contributed by atoms with E-state index in [1.165, 1.54) is 19.3 Å². The Morgan fingerprint density at radius 2 is 2.18 bits per heavy atom. The summed E-state index contributed by atoms with van der Waals surface area (Å²) in [5.74, 6) is 0.543. The van der Waals surface area contributed by atoms with Crippen LogP contribution in [0.15, 0.2) is 32.1 Å². The summed E-state index contributed by atoms with van der Waals surface area (Å²) in [4.78, 5) is 4.35. The summed E-state index contributed by atoms with van der Waals surface area (Å²) in [5, 5.41) is 3.22. The van der Waals surface area contributed by atoms with Gasteiger partial charge in [-0.2, -0.15) is 0 Å². The second kappa shape index (κ2) is 5.87. The molecule has 2 rings (SSSR count). The van der Waals surface area contributed by atoms with Crippen LogP contribution in [0, 0.1) is 0 Å². The highest BCUT2D eigenvalue weighted by molar-refractivity contribution is 9.11. The second-order valence-corrected chi connectivity index (χ2v) is 5.98. The molecule has 1 saturated carbocycles. The van der Waals surface area contributed by atoms with E-state index in [0.29, 0.717) is 18.5 Å². The van der Waals surface area contributed by atoms with Crippen molar-refractivity contribution in [1.82, 2.24) is 5.32 Å². The minimum atomic E-state index is 0.532. The highest BCUT2D eigenvalue weighted by atomic mass is 79.9. The van der Waals surface area contributed by atoms with Crippen LogP contribution in [-0.4, -0.2) is 12.0 Å². The first-order chi connectivity index (χ1) is 8.15. The highest BCUT2D eigenvalue weighted by Gasteiger charge is 2.17. The van der Waals surface area contributed by atoms with Crippen molar-refractivity contribution in [2.45, 2.75) is 31.8 Å². The minimum absolute atomic E-state index is 0.532. The van der Waals surface area contributed by atoms with Crippen molar-refractivity contribution < 1.29 is 0 Å². The van der Waals surface area contributed by atoms with Gasteiger partial charge in [0.05, 0.1) is 6.54 Å². The van der Waals surface area contributed by atoms with Crippen molar-refractivity contribution in [3.8, 4) is 0 Å². The number of hydrogen-bond donors (Lipinski definition) is 2. The van der Waals surface area contributed by atoms with Crippen LogP contribution in [0.25, 0.3) is 0 Å². The summed E-state index contributed by atoms with van der Waals surface area (Å²) in [6, 6.07) is 6.58. The number of rotatable bonds is 3. The monoisotopic (exact) mass is 359 g/mol. The molecule has 3 N–H and O–H groups in total. The molecule has 0 aliphatic heterocycles. The molecule has 1 aromatic rings. The van der Waals surface area contributed by atoms with Gasteiger partial charge >= 0.3 is 0 Å². The van der Waals surface area contributed by atoms with Gasteiger partial charge < -0.3 is 11.1 Å². The minimum Gasteiger partial charge on any atom is -0.370 e. The Kier molecular flexibility index (Phi) is 4.45. The molecule has 1 aliphatic rings. The number of benzene rings is 1. The van der Waals surface area contributed by atoms with Crippen LogP contribution >= 0.6 is 31.9 Å². The maximum Gasteiger partial charge on any atom is 0.189 e. The standard InChI is InChI=1S/C12H15Br2N3/c13-9-4-5-11(14)8(6-9)7-16-12(15)17-10-2-1-3-10/h4-6,10H,1-3,7H2,(H3,15,16,17). The molecule has 3 nitrogen and oxygen atoms in total. The largest absolute Gasteiger partial charge is 0.370 e. The molecule has 0 saturated heterocycles. The van der Waals surface area contributed by atoms with Crippen LogP contribution in [0.4, 0.5) is 0 Å². The lowest BCUT2D eigenvalue weighted by atomic mass is 9.93. The molecule has 0 spiro atoms. The van der Waals surface area contributed by atoms with E-state index in [1.807, 2.05) is 18.2 Å². The second-order valence-electron chi connectivity index (χ2n) is 4.21. The summed E-state index contributed by atoms with van der Waals surface area (Å²) in [7, 11) is 0. The summed E-state index contributed by atoms with van der Waals surface area (Å²) >= 11 is 6.95. The van der Waals surface area contributed by atoms with Gasteiger partial charge in [0.15, 0.2) is 5.96 Å². The topological polar surface area (TPSA) is 50.4 Å². The fourth-order valence-electron chi connectivity index (χ4n) is 1.64. The van der Waals surface area contributed by atoms with E-state index in [2.05, 4.69) is 42.2 Å². The van der Waals surface area contributed by atoms with Crippen molar-refractivity contribution >= 4 is 37.8 Å². The maximum atomic E-state index is 5.83. The molecule has 1 aliphatic carbocycles. The zero-order chi connectivity index (χ0) is 12.3. The van der Waals surface area contributed by atoms with Crippen LogP contribution in [0.3, 0.4) is 0 Å². The Bertz CT molecular complexity index is 428. The molecule has 0 aromatic heterocycles. The van der Waals surface area contributed by atoms with Crippen molar-refractivity contribution in [2.75, 3.05) is 0 Å². The average molecular weight is 361 g/mol. The molecule has 1 aromatic carbocycles. The number of nitrogens with zero attached hydrogens (tertiary/aromatic N) is 1. The quantitative estimate of drug-likeness (QED) is 0.642. The SMILES string of the molecule is NC(=NCc1cc(Br)ccc1Br)NC1CCC1. The highest BCUT2D eigenvalue weighted by Crippen LogP contribution is 2.22. The van der Waals surface area contributed by atoms with Crippen LogP contribution in [0.2, 0.25) is 0 Å². The summed E-state index contributed by atoms with van der Waals surface area (Å²) < 4.78 is 2.11. The lowest BCUT2D eigenvalue weighted by Gasteiger charge is -2.26. The van der Waals surface area contributed by atoms with E-state index in [0.717, 1.165) is 14.5 Å². The van der Waals surface area contributed by atoms with Crippen LogP contribution in [-0.2, 0) is 6.54 Å². The van der Waals surface area contributed by atoms with Gasteiger partial charge in [0.1, 0.15) is 0 Å². The van der Waals surface area contributed by atoms with Gasteiger partial charge in [-0.1, -0.05) is 31.9 Å². The Morgan fingerprint density at radius 1 is 1.41 bits per heavy atom. The van der Waals surface area contributed by atoms with E-state index < -0.39 is 0 Å². The number of hydrogen-bond acceptors (Lipinski definition) is 1. The molecule has 5 heteroatoms. The van der Waals surface area contributed by atoms with Crippen LogP contribution in [0.5, 0.6) is 0 Å². The molecule has 0 amide bonds. The van der Waals surface area contributed by atoms with Crippen LogP contribution < -0.4 is 11.1 Å². The number of nitrogens with two attached hydrogens (primary N) is 1. The third kappa shape index (κ3) is 3.71. The number of aliphatic imine (C=N–C) groups is 1. The number of guanidine groups is 1. The Balaban J connectivity index is 1.95. The number of nitrogens with one attached hydrogen (secondary N) is 1. The molecule has 0 radical (unpaired) electrons.